The van der Waals surface area contributed by atoms with E-state index in [1.807, 2.05) is 36.4 Å². The lowest BCUT2D eigenvalue weighted by Crippen LogP contribution is -1.79. The first-order chi connectivity index (χ1) is 7.84. The minimum atomic E-state index is 0.289. The molecule has 0 aliphatic heterocycles. The molecule has 78 valence electrons. The van der Waals surface area contributed by atoms with Crippen molar-refractivity contribution in [2.24, 2.45) is 0 Å². The normalized spacial score (nSPS) is 10.8. The van der Waals surface area contributed by atoms with Crippen molar-refractivity contribution in [3.8, 4) is 16.9 Å². The highest BCUT2D eigenvalue weighted by molar-refractivity contribution is 5.83. The van der Waals surface area contributed by atoms with Crippen molar-refractivity contribution in [3.63, 3.8) is 0 Å². The van der Waals surface area contributed by atoms with Gasteiger partial charge in [-0.2, -0.15) is 0 Å². The molecule has 0 radical (unpaired) electrons. The summed E-state index contributed by atoms with van der Waals surface area (Å²) in [7, 11) is 0. The first-order valence-electron chi connectivity index (χ1n) is 5.06. The molecule has 2 aromatic carbocycles. The number of benzene rings is 2. The van der Waals surface area contributed by atoms with Crippen molar-refractivity contribution in [1.29, 1.82) is 0 Å². The highest BCUT2D eigenvalue weighted by Crippen LogP contribution is 2.29. The molecule has 1 heterocycles. The molecule has 0 aliphatic carbocycles. The Bertz CT molecular complexity index is 643. The van der Waals surface area contributed by atoms with Crippen molar-refractivity contribution < 1.29 is 5.11 Å². The van der Waals surface area contributed by atoms with Crippen LogP contribution in [0.1, 0.15) is 0 Å². The summed E-state index contributed by atoms with van der Waals surface area (Å²) in [5.74, 6) is 0.289. The number of aromatic hydroxyl groups is 1. The molecule has 1 aromatic heterocycles. The molecule has 0 aliphatic rings. The maximum absolute atomic E-state index is 9.76. The van der Waals surface area contributed by atoms with E-state index in [9.17, 15) is 5.11 Å². The van der Waals surface area contributed by atoms with Crippen LogP contribution < -0.4 is 0 Å². The van der Waals surface area contributed by atoms with Gasteiger partial charge in [-0.3, -0.25) is 0 Å². The Kier molecular flexibility index (Phi) is 1.90. The van der Waals surface area contributed by atoms with Gasteiger partial charge in [0.2, 0.25) is 0 Å². The van der Waals surface area contributed by atoms with E-state index in [0.717, 1.165) is 22.2 Å². The molecule has 3 aromatic rings. The van der Waals surface area contributed by atoms with Crippen LogP contribution in [0.3, 0.4) is 0 Å². The van der Waals surface area contributed by atoms with Gasteiger partial charge in [-0.1, -0.05) is 24.3 Å². The standard InChI is InChI=1S/C13H10N2O/c16-13-4-2-1-3-10(13)9-5-6-11-12(7-9)15-8-14-11/h1-8,16H,(H,14,15). The highest BCUT2D eigenvalue weighted by atomic mass is 16.3. The lowest BCUT2D eigenvalue weighted by molar-refractivity contribution is 0.477. The number of fused-ring (bicyclic) bond motifs is 1. The van der Waals surface area contributed by atoms with Crippen LogP contribution in [0.5, 0.6) is 5.75 Å². The third-order valence-electron chi connectivity index (χ3n) is 2.64. The predicted octanol–water partition coefficient (Wildman–Crippen LogP) is 2.94. The van der Waals surface area contributed by atoms with E-state index >= 15 is 0 Å². The Hall–Kier alpha value is -2.29. The van der Waals surface area contributed by atoms with E-state index in [1.54, 1.807) is 12.4 Å². The third kappa shape index (κ3) is 1.34. The van der Waals surface area contributed by atoms with Crippen LogP contribution in [0.4, 0.5) is 0 Å². The second-order valence-corrected chi connectivity index (χ2v) is 3.65. The van der Waals surface area contributed by atoms with E-state index in [-0.39, 0.29) is 5.75 Å². The number of H-pyrrole nitrogens is 1. The van der Waals surface area contributed by atoms with Crippen molar-refractivity contribution in [2.75, 3.05) is 0 Å². The van der Waals surface area contributed by atoms with E-state index in [4.69, 9.17) is 0 Å². The maximum atomic E-state index is 9.76. The number of aromatic nitrogens is 2. The fourth-order valence-corrected chi connectivity index (χ4v) is 1.82. The van der Waals surface area contributed by atoms with Crippen LogP contribution in [0.25, 0.3) is 22.2 Å². The molecule has 0 unspecified atom stereocenters. The molecule has 0 saturated carbocycles. The second-order valence-electron chi connectivity index (χ2n) is 3.65. The zero-order valence-electron chi connectivity index (χ0n) is 8.51. The summed E-state index contributed by atoms with van der Waals surface area (Å²) in [6, 6.07) is 13.2. The molecule has 0 bridgehead atoms. The number of aromatic amines is 1. The molecule has 3 rings (SSSR count). The van der Waals surface area contributed by atoms with Gasteiger partial charge in [0, 0.05) is 5.56 Å². The lowest BCUT2D eigenvalue weighted by Gasteiger charge is -2.03. The molecule has 0 fully saturated rings. The number of phenols is 1. The second kappa shape index (κ2) is 3.38. The van der Waals surface area contributed by atoms with E-state index < -0.39 is 0 Å². The Morgan fingerprint density at radius 1 is 1.06 bits per heavy atom. The van der Waals surface area contributed by atoms with Gasteiger partial charge < -0.3 is 10.1 Å². The van der Waals surface area contributed by atoms with Gasteiger partial charge in [0.05, 0.1) is 17.4 Å². The Morgan fingerprint density at radius 3 is 2.81 bits per heavy atom. The van der Waals surface area contributed by atoms with Gasteiger partial charge in [-0.25, -0.2) is 4.98 Å². The average Bonchev–Trinajstić information content (AvgIpc) is 2.76. The van der Waals surface area contributed by atoms with Crippen LogP contribution in [0.2, 0.25) is 0 Å². The van der Waals surface area contributed by atoms with Crippen LogP contribution in [-0.4, -0.2) is 15.1 Å². The predicted molar refractivity (Wildman–Crippen MR) is 63.2 cm³/mol. The molecule has 0 atom stereocenters. The number of rotatable bonds is 1. The average molecular weight is 210 g/mol. The molecular weight excluding hydrogens is 200 g/mol. The quantitative estimate of drug-likeness (QED) is 0.648. The van der Waals surface area contributed by atoms with Crippen LogP contribution in [-0.2, 0) is 0 Å². The van der Waals surface area contributed by atoms with Crippen molar-refractivity contribution >= 4 is 11.0 Å². The van der Waals surface area contributed by atoms with Crippen LogP contribution in [0, 0.1) is 0 Å². The van der Waals surface area contributed by atoms with E-state index in [0.29, 0.717) is 0 Å². The van der Waals surface area contributed by atoms with Gasteiger partial charge in [0.25, 0.3) is 0 Å². The van der Waals surface area contributed by atoms with Crippen molar-refractivity contribution in [2.45, 2.75) is 0 Å². The number of nitrogens with zero attached hydrogens (tertiary/aromatic N) is 1. The van der Waals surface area contributed by atoms with Gasteiger partial charge in [0.15, 0.2) is 0 Å². The smallest absolute Gasteiger partial charge is 0.123 e. The van der Waals surface area contributed by atoms with Crippen LogP contribution >= 0.6 is 0 Å². The van der Waals surface area contributed by atoms with Crippen LogP contribution in [0.15, 0.2) is 48.8 Å². The topological polar surface area (TPSA) is 48.9 Å². The lowest BCUT2D eigenvalue weighted by atomic mass is 10.0. The monoisotopic (exact) mass is 210 g/mol. The molecule has 0 amide bonds. The number of hydrogen-bond donors (Lipinski definition) is 2. The minimum Gasteiger partial charge on any atom is -0.507 e. The zero-order valence-corrected chi connectivity index (χ0v) is 8.51. The number of hydrogen-bond acceptors (Lipinski definition) is 2. The fourth-order valence-electron chi connectivity index (χ4n) is 1.82. The fraction of sp³-hybridized carbons (Fsp3) is 0. The molecule has 0 spiro atoms. The number of nitrogens with one attached hydrogen (secondary N) is 1. The summed E-state index contributed by atoms with van der Waals surface area (Å²) < 4.78 is 0. The largest absolute Gasteiger partial charge is 0.507 e. The SMILES string of the molecule is Oc1ccccc1-c1ccc2[nH]cnc2c1. The Labute approximate surface area is 92.4 Å². The molecule has 16 heavy (non-hydrogen) atoms. The Balaban J connectivity index is 2.22. The van der Waals surface area contributed by atoms with Gasteiger partial charge >= 0.3 is 0 Å². The maximum Gasteiger partial charge on any atom is 0.123 e. The summed E-state index contributed by atoms with van der Waals surface area (Å²) in [5.41, 5.74) is 3.70. The van der Waals surface area contributed by atoms with E-state index in [1.165, 1.54) is 0 Å². The van der Waals surface area contributed by atoms with Gasteiger partial charge in [-0.05, 0) is 23.8 Å². The molecule has 2 N–H and O–H groups in total. The summed E-state index contributed by atoms with van der Waals surface area (Å²) >= 11 is 0. The van der Waals surface area contributed by atoms with Crippen molar-refractivity contribution in [3.05, 3.63) is 48.8 Å². The first-order valence-corrected chi connectivity index (χ1v) is 5.06. The van der Waals surface area contributed by atoms with Crippen molar-refractivity contribution in [1.82, 2.24) is 9.97 Å². The number of phenolic OH excluding ortho intramolecular Hbond substituents is 1. The number of imidazole rings is 1. The summed E-state index contributed by atoms with van der Waals surface area (Å²) in [4.78, 5) is 7.24. The summed E-state index contributed by atoms with van der Waals surface area (Å²) in [6.07, 6.45) is 1.67. The molecule has 3 nitrogen and oxygen atoms in total. The Morgan fingerprint density at radius 2 is 1.94 bits per heavy atom. The molecule has 0 saturated heterocycles. The van der Waals surface area contributed by atoms with Gasteiger partial charge in [-0.15, -0.1) is 0 Å². The minimum absolute atomic E-state index is 0.289. The third-order valence-corrected chi connectivity index (χ3v) is 2.64. The first kappa shape index (κ1) is 8.97. The highest BCUT2D eigenvalue weighted by Gasteiger charge is 2.04. The molecular formula is C13H10N2O. The zero-order chi connectivity index (χ0) is 11.0. The summed E-state index contributed by atoms with van der Waals surface area (Å²) in [6.45, 7) is 0. The van der Waals surface area contributed by atoms with Gasteiger partial charge in [0.1, 0.15) is 5.75 Å². The van der Waals surface area contributed by atoms with E-state index in [2.05, 4.69) is 9.97 Å². The summed E-state index contributed by atoms with van der Waals surface area (Å²) in [5, 5.41) is 9.76. The number of para-hydroxylation sites is 1. The molecule has 3 heteroatoms.